The first-order valence-corrected chi connectivity index (χ1v) is 7.16. The maximum atomic E-state index is 13.1. The number of rotatable bonds is 4. The van der Waals surface area contributed by atoms with Crippen LogP contribution in [0.3, 0.4) is 0 Å². The smallest absolute Gasteiger partial charge is 0.264 e. The molecule has 112 valence electrons. The van der Waals surface area contributed by atoms with E-state index in [0.717, 1.165) is 0 Å². The van der Waals surface area contributed by atoms with E-state index in [0.29, 0.717) is 21.1 Å². The molecule has 0 saturated carbocycles. The average Bonchev–Trinajstić information content (AvgIpc) is 2.88. The number of thiazole rings is 1. The summed E-state index contributed by atoms with van der Waals surface area (Å²) in [6.07, 6.45) is 0. The van der Waals surface area contributed by atoms with Crippen LogP contribution < -0.4 is 10.1 Å². The molecule has 0 aliphatic carbocycles. The van der Waals surface area contributed by atoms with Crippen LogP contribution >= 0.6 is 11.3 Å². The van der Waals surface area contributed by atoms with Gasteiger partial charge in [0.15, 0.2) is 11.7 Å². The highest BCUT2D eigenvalue weighted by molar-refractivity contribution is 7.22. The van der Waals surface area contributed by atoms with E-state index < -0.39 is 5.91 Å². The van der Waals surface area contributed by atoms with E-state index in [1.165, 1.54) is 47.7 Å². The number of hydrogen-bond acceptors (Lipinski definition) is 4. The molecule has 22 heavy (non-hydrogen) atoms. The SMILES string of the molecule is O=C(COc1ccc(F)cc1)Nc1nc2ccc(F)cc2s1. The van der Waals surface area contributed by atoms with Crippen LogP contribution in [-0.4, -0.2) is 17.5 Å². The monoisotopic (exact) mass is 320 g/mol. The maximum absolute atomic E-state index is 13.1. The molecule has 0 bridgehead atoms. The Morgan fingerprint density at radius 2 is 1.86 bits per heavy atom. The summed E-state index contributed by atoms with van der Waals surface area (Å²) in [5.41, 5.74) is 0.612. The number of carbonyl (C=O) groups is 1. The van der Waals surface area contributed by atoms with E-state index in [-0.39, 0.29) is 18.2 Å². The van der Waals surface area contributed by atoms with Crippen LogP contribution in [0, 0.1) is 11.6 Å². The zero-order chi connectivity index (χ0) is 15.5. The molecule has 3 aromatic rings. The van der Waals surface area contributed by atoms with Crippen molar-refractivity contribution in [1.82, 2.24) is 4.98 Å². The van der Waals surface area contributed by atoms with Crippen molar-refractivity contribution in [1.29, 1.82) is 0 Å². The molecule has 0 atom stereocenters. The van der Waals surface area contributed by atoms with Crippen LogP contribution in [-0.2, 0) is 4.79 Å². The largest absolute Gasteiger partial charge is 0.484 e. The fourth-order valence-electron chi connectivity index (χ4n) is 1.79. The van der Waals surface area contributed by atoms with Gasteiger partial charge in [-0.15, -0.1) is 0 Å². The van der Waals surface area contributed by atoms with Gasteiger partial charge in [0.1, 0.15) is 17.4 Å². The van der Waals surface area contributed by atoms with E-state index in [2.05, 4.69) is 10.3 Å². The number of aromatic nitrogens is 1. The third-order valence-corrected chi connectivity index (χ3v) is 3.71. The number of anilines is 1. The zero-order valence-corrected chi connectivity index (χ0v) is 12.0. The lowest BCUT2D eigenvalue weighted by Crippen LogP contribution is -2.19. The molecular formula is C15H10F2N2O2S. The Bertz CT molecular complexity index is 818. The Balaban J connectivity index is 1.61. The van der Waals surface area contributed by atoms with Crippen molar-refractivity contribution in [3.8, 4) is 5.75 Å². The standard InChI is InChI=1S/C15H10F2N2O2S/c16-9-1-4-11(5-2-9)21-8-14(20)19-15-18-12-6-3-10(17)7-13(12)22-15/h1-7H,8H2,(H,18,19,20). The van der Waals surface area contributed by atoms with E-state index in [4.69, 9.17) is 4.74 Å². The van der Waals surface area contributed by atoms with Crippen LogP contribution in [0.2, 0.25) is 0 Å². The van der Waals surface area contributed by atoms with E-state index >= 15 is 0 Å². The first-order chi connectivity index (χ1) is 10.6. The normalized spacial score (nSPS) is 10.6. The molecule has 2 aromatic carbocycles. The summed E-state index contributed by atoms with van der Waals surface area (Å²) >= 11 is 1.18. The molecule has 0 radical (unpaired) electrons. The highest BCUT2D eigenvalue weighted by atomic mass is 32.1. The van der Waals surface area contributed by atoms with Crippen LogP contribution in [0.4, 0.5) is 13.9 Å². The van der Waals surface area contributed by atoms with Crippen LogP contribution in [0.1, 0.15) is 0 Å². The summed E-state index contributed by atoms with van der Waals surface area (Å²) in [6.45, 7) is -0.226. The number of halogens is 2. The number of hydrogen-bond donors (Lipinski definition) is 1. The Hall–Kier alpha value is -2.54. The highest BCUT2D eigenvalue weighted by Gasteiger charge is 2.09. The lowest BCUT2D eigenvalue weighted by Gasteiger charge is -2.05. The van der Waals surface area contributed by atoms with Gasteiger partial charge < -0.3 is 4.74 Å². The van der Waals surface area contributed by atoms with Crippen molar-refractivity contribution in [2.24, 2.45) is 0 Å². The molecule has 1 heterocycles. The molecule has 1 aromatic heterocycles. The Kier molecular flexibility index (Phi) is 3.97. The van der Waals surface area contributed by atoms with Crippen LogP contribution in [0.15, 0.2) is 42.5 Å². The number of nitrogens with zero attached hydrogens (tertiary/aromatic N) is 1. The summed E-state index contributed by atoms with van der Waals surface area (Å²) in [5, 5.41) is 2.95. The molecule has 0 aliphatic heterocycles. The Labute approximate surface area is 128 Å². The third kappa shape index (κ3) is 3.37. The predicted molar refractivity (Wildman–Crippen MR) is 80.1 cm³/mol. The van der Waals surface area contributed by atoms with Gasteiger partial charge in [-0.25, -0.2) is 13.8 Å². The molecule has 1 N–H and O–H groups in total. The first-order valence-electron chi connectivity index (χ1n) is 6.34. The Morgan fingerprint density at radius 3 is 2.64 bits per heavy atom. The number of nitrogens with one attached hydrogen (secondary N) is 1. The summed E-state index contributed by atoms with van der Waals surface area (Å²) < 4.78 is 31.7. The van der Waals surface area contributed by atoms with Crippen molar-refractivity contribution >= 4 is 32.6 Å². The van der Waals surface area contributed by atoms with Crippen molar-refractivity contribution < 1.29 is 18.3 Å². The fraction of sp³-hybridized carbons (Fsp3) is 0.0667. The average molecular weight is 320 g/mol. The maximum Gasteiger partial charge on any atom is 0.264 e. The minimum atomic E-state index is -0.399. The summed E-state index contributed by atoms with van der Waals surface area (Å²) in [5.74, 6) is -0.737. The van der Waals surface area contributed by atoms with Gasteiger partial charge in [-0.05, 0) is 42.5 Å². The Morgan fingerprint density at radius 1 is 1.14 bits per heavy atom. The minimum absolute atomic E-state index is 0.226. The predicted octanol–water partition coefficient (Wildman–Crippen LogP) is 3.59. The molecule has 0 unspecified atom stereocenters. The topological polar surface area (TPSA) is 51.2 Å². The molecule has 1 amide bonds. The van der Waals surface area contributed by atoms with E-state index in [1.54, 1.807) is 6.07 Å². The quantitative estimate of drug-likeness (QED) is 0.799. The van der Waals surface area contributed by atoms with Gasteiger partial charge in [0.2, 0.25) is 0 Å². The minimum Gasteiger partial charge on any atom is -0.484 e. The zero-order valence-electron chi connectivity index (χ0n) is 11.2. The molecule has 0 fully saturated rings. The molecule has 4 nitrogen and oxygen atoms in total. The van der Waals surface area contributed by atoms with Crippen LogP contribution in [0.5, 0.6) is 5.75 Å². The number of amides is 1. The number of benzene rings is 2. The van der Waals surface area contributed by atoms with Crippen molar-refractivity contribution in [2.45, 2.75) is 0 Å². The molecular weight excluding hydrogens is 310 g/mol. The number of ether oxygens (including phenoxy) is 1. The second kappa shape index (κ2) is 6.07. The molecule has 7 heteroatoms. The second-order valence-corrected chi connectivity index (χ2v) is 5.45. The van der Waals surface area contributed by atoms with Gasteiger partial charge >= 0.3 is 0 Å². The van der Waals surface area contributed by atoms with Crippen molar-refractivity contribution in [2.75, 3.05) is 11.9 Å². The molecule has 0 saturated heterocycles. The number of fused-ring (bicyclic) bond motifs is 1. The first kappa shape index (κ1) is 14.4. The van der Waals surface area contributed by atoms with Crippen molar-refractivity contribution in [3.05, 3.63) is 54.1 Å². The van der Waals surface area contributed by atoms with Gasteiger partial charge in [0, 0.05) is 0 Å². The van der Waals surface area contributed by atoms with Gasteiger partial charge in [-0.2, -0.15) is 0 Å². The van der Waals surface area contributed by atoms with Gasteiger partial charge in [-0.1, -0.05) is 11.3 Å². The van der Waals surface area contributed by atoms with Gasteiger partial charge in [0.05, 0.1) is 10.2 Å². The molecule has 0 aliphatic rings. The van der Waals surface area contributed by atoms with Crippen molar-refractivity contribution in [3.63, 3.8) is 0 Å². The van der Waals surface area contributed by atoms with Gasteiger partial charge in [-0.3, -0.25) is 10.1 Å². The molecule has 0 spiro atoms. The highest BCUT2D eigenvalue weighted by Crippen LogP contribution is 2.26. The number of carbonyl (C=O) groups excluding carboxylic acids is 1. The summed E-state index contributed by atoms with van der Waals surface area (Å²) in [6, 6.07) is 9.58. The third-order valence-electron chi connectivity index (χ3n) is 2.78. The van der Waals surface area contributed by atoms with Gasteiger partial charge in [0.25, 0.3) is 5.91 Å². The lowest BCUT2D eigenvalue weighted by atomic mass is 10.3. The lowest BCUT2D eigenvalue weighted by molar-refractivity contribution is -0.118. The van der Waals surface area contributed by atoms with E-state index in [1.807, 2.05) is 0 Å². The second-order valence-electron chi connectivity index (χ2n) is 4.42. The summed E-state index contributed by atoms with van der Waals surface area (Å²) in [4.78, 5) is 16.0. The van der Waals surface area contributed by atoms with Crippen LogP contribution in [0.25, 0.3) is 10.2 Å². The fourth-order valence-corrected chi connectivity index (χ4v) is 2.69. The summed E-state index contributed by atoms with van der Waals surface area (Å²) in [7, 11) is 0. The van der Waals surface area contributed by atoms with E-state index in [9.17, 15) is 13.6 Å². The molecule has 3 rings (SSSR count).